The van der Waals surface area contributed by atoms with Crippen molar-refractivity contribution in [3.63, 3.8) is 0 Å². The van der Waals surface area contributed by atoms with E-state index in [2.05, 4.69) is 86.8 Å². The maximum atomic E-state index is 12.5. The van der Waals surface area contributed by atoms with Gasteiger partial charge >= 0.3 is 19.8 Å². The number of rotatable bonds is 34. The fourth-order valence-electron chi connectivity index (χ4n) is 4.52. The molecule has 50 heavy (non-hydrogen) atoms. The highest BCUT2D eigenvalue weighted by Gasteiger charge is 2.25. The minimum Gasteiger partial charge on any atom is -0.462 e. The summed E-state index contributed by atoms with van der Waals surface area (Å²) in [6, 6.07) is 0. The van der Waals surface area contributed by atoms with Crippen LogP contribution in [0.3, 0.4) is 0 Å². The van der Waals surface area contributed by atoms with Crippen molar-refractivity contribution in [1.82, 2.24) is 0 Å². The van der Waals surface area contributed by atoms with Crippen LogP contribution in [0.5, 0.6) is 0 Å². The van der Waals surface area contributed by atoms with Crippen molar-refractivity contribution >= 4 is 19.8 Å². The van der Waals surface area contributed by atoms with Gasteiger partial charge in [-0.2, -0.15) is 0 Å². The van der Waals surface area contributed by atoms with Gasteiger partial charge in [-0.15, -0.1) is 0 Å². The Morgan fingerprint density at radius 2 is 1.10 bits per heavy atom. The van der Waals surface area contributed by atoms with Crippen LogP contribution in [-0.2, 0) is 32.7 Å². The van der Waals surface area contributed by atoms with Gasteiger partial charge in [0.15, 0.2) is 6.10 Å². The fraction of sp³-hybridized carbons (Fsp3) is 0.650. The number of esters is 2. The van der Waals surface area contributed by atoms with Gasteiger partial charge in [-0.1, -0.05) is 119 Å². The van der Waals surface area contributed by atoms with E-state index < -0.39 is 32.5 Å². The molecule has 0 aromatic heterocycles. The molecule has 1 unspecified atom stereocenters. The standard InChI is InChI=1S/C40H68NO8P/c1-3-5-7-9-11-13-15-17-19-21-23-25-27-29-31-33-40(43)49-38(37-48-50(44,45)47-35-34-41)36-46-39(42)32-30-28-26-24-22-20-18-16-14-12-10-8-6-4-2/h5,7,10-13,16-19,23,25,38H,3-4,6,8-9,14-15,20-22,24,26-37,41H2,1-2H3,(H,44,45)/b7-5+,12-10+,13-11+,18-16+,19-17+,25-23+/t38-/m1/s1. The van der Waals surface area contributed by atoms with Crippen LogP contribution in [0.1, 0.15) is 136 Å². The molecule has 0 aliphatic carbocycles. The maximum absolute atomic E-state index is 12.5. The summed E-state index contributed by atoms with van der Waals surface area (Å²) in [5, 5.41) is 0. The Kier molecular flexibility index (Phi) is 34.4. The van der Waals surface area contributed by atoms with Crippen LogP contribution in [0.4, 0.5) is 0 Å². The monoisotopic (exact) mass is 721 g/mol. The largest absolute Gasteiger partial charge is 0.472 e. The average molecular weight is 722 g/mol. The van der Waals surface area contributed by atoms with Crippen molar-refractivity contribution in [3.05, 3.63) is 72.9 Å². The number of ether oxygens (including phenoxy) is 2. The summed E-state index contributed by atoms with van der Waals surface area (Å²) in [5.74, 6) is -0.904. The molecule has 0 bridgehead atoms. The van der Waals surface area contributed by atoms with Gasteiger partial charge in [0.1, 0.15) is 6.61 Å². The summed E-state index contributed by atoms with van der Waals surface area (Å²) in [4.78, 5) is 34.7. The summed E-state index contributed by atoms with van der Waals surface area (Å²) in [6.07, 6.45) is 42.2. The molecule has 10 heteroatoms. The number of nitrogens with two attached hydrogens (primary N) is 1. The SMILES string of the molecule is CC/C=C/C/C=C/C/C=C/C/C=C/CCCCC(=O)O[C@H](COC(=O)CCCCCCC/C=C/C/C=C/CCCC)COP(=O)(O)OCCN. The van der Waals surface area contributed by atoms with E-state index in [-0.39, 0.29) is 32.6 Å². The Bertz CT molecular complexity index is 1050. The molecule has 0 fully saturated rings. The summed E-state index contributed by atoms with van der Waals surface area (Å²) in [6.45, 7) is 3.47. The number of unbranched alkanes of at least 4 members (excludes halogenated alkanes) is 9. The summed E-state index contributed by atoms with van der Waals surface area (Å²) in [7, 11) is -4.39. The van der Waals surface area contributed by atoms with E-state index >= 15 is 0 Å². The molecule has 0 rings (SSSR count). The summed E-state index contributed by atoms with van der Waals surface area (Å²) >= 11 is 0. The number of phosphoric acid groups is 1. The Morgan fingerprint density at radius 3 is 1.68 bits per heavy atom. The second-order valence-corrected chi connectivity index (χ2v) is 13.5. The van der Waals surface area contributed by atoms with Crippen molar-refractivity contribution in [2.24, 2.45) is 5.73 Å². The van der Waals surface area contributed by atoms with Gasteiger partial charge < -0.3 is 20.1 Å². The second kappa shape index (κ2) is 36.2. The minimum absolute atomic E-state index is 0.0406. The van der Waals surface area contributed by atoms with E-state index in [4.69, 9.17) is 24.3 Å². The molecule has 0 aliphatic heterocycles. The Morgan fingerprint density at radius 1 is 0.620 bits per heavy atom. The van der Waals surface area contributed by atoms with Gasteiger partial charge in [0.2, 0.25) is 0 Å². The van der Waals surface area contributed by atoms with Crippen molar-refractivity contribution in [2.45, 2.75) is 142 Å². The minimum atomic E-state index is -4.39. The van der Waals surface area contributed by atoms with Crippen molar-refractivity contribution in [1.29, 1.82) is 0 Å². The normalized spacial score (nSPS) is 14.2. The molecule has 0 aromatic rings. The third-order valence-electron chi connectivity index (χ3n) is 7.33. The Balaban J connectivity index is 4.35. The number of hydrogen-bond donors (Lipinski definition) is 2. The maximum Gasteiger partial charge on any atom is 0.472 e. The lowest BCUT2D eigenvalue weighted by molar-refractivity contribution is -0.161. The predicted molar refractivity (Wildman–Crippen MR) is 206 cm³/mol. The van der Waals surface area contributed by atoms with E-state index in [0.717, 1.165) is 83.5 Å². The molecule has 0 aliphatic rings. The lowest BCUT2D eigenvalue weighted by Gasteiger charge is -2.19. The molecule has 0 heterocycles. The quantitative estimate of drug-likeness (QED) is 0.0288. The first-order chi connectivity index (χ1) is 24.3. The van der Waals surface area contributed by atoms with Crippen molar-refractivity contribution < 1.29 is 37.6 Å². The first-order valence-corrected chi connectivity index (χ1v) is 20.4. The molecule has 0 amide bonds. The van der Waals surface area contributed by atoms with Crippen LogP contribution >= 0.6 is 7.82 Å². The molecule has 0 spiro atoms. The molecule has 3 N–H and O–H groups in total. The highest BCUT2D eigenvalue weighted by molar-refractivity contribution is 7.47. The van der Waals surface area contributed by atoms with Crippen molar-refractivity contribution in [2.75, 3.05) is 26.4 Å². The molecule has 0 radical (unpaired) electrons. The highest BCUT2D eigenvalue weighted by atomic mass is 31.2. The Labute approximate surface area is 303 Å². The smallest absolute Gasteiger partial charge is 0.462 e. The zero-order valence-corrected chi connectivity index (χ0v) is 32.0. The summed E-state index contributed by atoms with van der Waals surface area (Å²) in [5.41, 5.74) is 5.32. The number of carbonyl (C=O) groups excluding carboxylic acids is 2. The van der Waals surface area contributed by atoms with Crippen LogP contribution in [0.2, 0.25) is 0 Å². The molecule has 0 saturated carbocycles. The number of allylic oxidation sites excluding steroid dienone is 12. The van der Waals surface area contributed by atoms with Crippen LogP contribution < -0.4 is 5.73 Å². The molecule has 0 aromatic carbocycles. The van der Waals surface area contributed by atoms with Crippen molar-refractivity contribution in [3.8, 4) is 0 Å². The van der Waals surface area contributed by atoms with Gasteiger partial charge in [-0.3, -0.25) is 18.6 Å². The van der Waals surface area contributed by atoms with Crippen LogP contribution in [0, 0.1) is 0 Å². The number of hydrogen-bond acceptors (Lipinski definition) is 8. The molecule has 2 atom stereocenters. The van der Waals surface area contributed by atoms with Gasteiger partial charge in [-0.05, 0) is 77.0 Å². The van der Waals surface area contributed by atoms with E-state index in [1.807, 2.05) is 0 Å². The zero-order valence-electron chi connectivity index (χ0n) is 31.1. The third-order valence-corrected chi connectivity index (χ3v) is 8.31. The lowest BCUT2D eigenvalue weighted by Crippen LogP contribution is -2.29. The van der Waals surface area contributed by atoms with Gasteiger partial charge in [0, 0.05) is 19.4 Å². The predicted octanol–water partition coefficient (Wildman–Crippen LogP) is 10.3. The van der Waals surface area contributed by atoms with Crippen LogP contribution in [0.15, 0.2) is 72.9 Å². The first-order valence-electron chi connectivity index (χ1n) is 18.9. The number of phosphoric ester groups is 1. The third kappa shape index (κ3) is 35.3. The van der Waals surface area contributed by atoms with Crippen LogP contribution in [-0.4, -0.2) is 49.3 Å². The first kappa shape index (κ1) is 47.4. The van der Waals surface area contributed by atoms with Gasteiger partial charge in [0.05, 0.1) is 13.2 Å². The second-order valence-electron chi connectivity index (χ2n) is 12.1. The van der Waals surface area contributed by atoms with E-state index in [1.165, 1.54) is 12.8 Å². The molecular weight excluding hydrogens is 653 g/mol. The molecule has 9 nitrogen and oxygen atoms in total. The summed E-state index contributed by atoms with van der Waals surface area (Å²) < 4.78 is 32.6. The average Bonchev–Trinajstić information content (AvgIpc) is 3.10. The lowest BCUT2D eigenvalue weighted by atomic mass is 10.1. The van der Waals surface area contributed by atoms with E-state index in [0.29, 0.717) is 12.8 Å². The molecular formula is C40H68NO8P. The highest BCUT2D eigenvalue weighted by Crippen LogP contribution is 2.43. The fourth-order valence-corrected chi connectivity index (χ4v) is 5.29. The van der Waals surface area contributed by atoms with Crippen LogP contribution in [0.25, 0.3) is 0 Å². The van der Waals surface area contributed by atoms with E-state index in [1.54, 1.807) is 0 Å². The van der Waals surface area contributed by atoms with Gasteiger partial charge in [-0.25, -0.2) is 4.57 Å². The van der Waals surface area contributed by atoms with Gasteiger partial charge in [0.25, 0.3) is 0 Å². The Hall–Kier alpha value is -2.55. The molecule has 0 saturated heterocycles. The topological polar surface area (TPSA) is 134 Å². The molecule has 286 valence electrons. The zero-order chi connectivity index (χ0) is 36.8. The van der Waals surface area contributed by atoms with E-state index in [9.17, 15) is 19.0 Å². The number of carbonyl (C=O) groups is 2.